The first kappa shape index (κ1) is 14.8. The van der Waals surface area contributed by atoms with E-state index in [1.807, 2.05) is 24.0 Å². The number of aryl methyl sites for hydroxylation is 2. The van der Waals surface area contributed by atoms with Crippen molar-refractivity contribution in [1.29, 1.82) is 0 Å². The predicted molar refractivity (Wildman–Crippen MR) is 92.5 cm³/mol. The Hall–Kier alpha value is -1.72. The molecule has 1 aliphatic carbocycles. The molecule has 2 fully saturated rings. The molecule has 2 aromatic rings. The largest absolute Gasteiger partial charge is 0.332 e. The highest BCUT2D eigenvalue weighted by Gasteiger charge is 2.53. The van der Waals surface area contributed by atoms with Crippen LogP contribution in [-0.2, 0) is 0 Å². The zero-order valence-electron chi connectivity index (χ0n) is 13.5. The number of hydrogen-bond donors (Lipinski definition) is 1. The average molecular weight is 327 g/mol. The van der Waals surface area contributed by atoms with Gasteiger partial charge in [-0.2, -0.15) is 0 Å². The van der Waals surface area contributed by atoms with Crippen LogP contribution in [0.5, 0.6) is 0 Å². The number of nitrogens with two attached hydrogens (primary N) is 1. The Balaban J connectivity index is 1.72. The molecular weight excluding hydrogens is 306 g/mol. The summed E-state index contributed by atoms with van der Waals surface area (Å²) in [7, 11) is 0. The van der Waals surface area contributed by atoms with Gasteiger partial charge in [0.15, 0.2) is 0 Å². The summed E-state index contributed by atoms with van der Waals surface area (Å²) in [5, 5.41) is 0.931. The van der Waals surface area contributed by atoms with E-state index in [-0.39, 0.29) is 11.9 Å². The van der Waals surface area contributed by atoms with Crippen LogP contribution in [0.4, 0.5) is 0 Å². The van der Waals surface area contributed by atoms with E-state index in [2.05, 4.69) is 24.0 Å². The van der Waals surface area contributed by atoms with Crippen molar-refractivity contribution < 1.29 is 4.79 Å². The summed E-state index contributed by atoms with van der Waals surface area (Å²) in [5.41, 5.74) is 8.80. The van der Waals surface area contributed by atoms with Gasteiger partial charge in [-0.25, -0.2) is 4.98 Å². The van der Waals surface area contributed by atoms with Crippen molar-refractivity contribution in [2.45, 2.75) is 26.3 Å². The van der Waals surface area contributed by atoms with Crippen LogP contribution in [-0.4, -0.2) is 34.9 Å². The Morgan fingerprint density at radius 3 is 2.91 bits per heavy atom. The molecule has 4 rings (SSSR count). The van der Waals surface area contributed by atoms with E-state index in [1.165, 1.54) is 12.0 Å². The third kappa shape index (κ3) is 2.39. The monoisotopic (exact) mass is 327 g/mol. The molecule has 23 heavy (non-hydrogen) atoms. The SMILES string of the molecule is Cc1nc(C(=O)N2C[C@@H]3C[C@@H]3[C@H]2CN)c(-c2ccccc2C)s1. The fourth-order valence-corrected chi connectivity index (χ4v) is 4.83. The zero-order chi connectivity index (χ0) is 16.1. The molecule has 0 spiro atoms. The van der Waals surface area contributed by atoms with Crippen molar-refractivity contribution in [3.8, 4) is 10.4 Å². The molecule has 4 nitrogen and oxygen atoms in total. The smallest absolute Gasteiger partial charge is 0.274 e. The third-order valence-electron chi connectivity index (χ3n) is 5.13. The van der Waals surface area contributed by atoms with Gasteiger partial charge in [0.25, 0.3) is 5.91 Å². The first-order valence-corrected chi connectivity index (χ1v) is 8.96. The van der Waals surface area contributed by atoms with Crippen LogP contribution in [0.1, 0.15) is 27.5 Å². The number of piperidine rings is 1. The normalized spacial score (nSPS) is 25.5. The Bertz CT molecular complexity index is 769. The summed E-state index contributed by atoms with van der Waals surface area (Å²) in [6.45, 7) is 5.43. The minimum Gasteiger partial charge on any atom is -0.332 e. The molecule has 1 amide bonds. The lowest BCUT2D eigenvalue weighted by Gasteiger charge is -2.26. The molecule has 1 saturated heterocycles. The van der Waals surface area contributed by atoms with E-state index in [4.69, 9.17) is 5.73 Å². The first-order chi connectivity index (χ1) is 11.1. The van der Waals surface area contributed by atoms with E-state index in [1.54, 1.807) is 11.3 Å². The van der Waals surface area contributed by atoms with Crippen molar-refractivity contribution in [1.82, 2.24) is 9.88 Å². The lowest BCUT2D eigenvalue weighted by Crippen LogP contribution is -2.43. The predicted octanol–water partition coefficient (Wildman–Crippen LogP) is 2.85. The molecule has 1 saturated carbocycles. The number of hydrogen-bond acceptors (Lipinski definition) is 4. The highest BCUT2D eigenvalue weighted by atomic mass is 32.1. The fourth-order valence-electron chi connectivity index (χ4n) is 3.83. The van der Waals surface area contributed by atoms with E-state index in [0.29, 0.717) is 24.1 Å². The molecule has 0 bridgehead atoms. The van der Waals surface area contributed by atoms with E-state index in [9.17, 15) is 4.79 Å². The van der Waals surface area contributed by atoms with Crippen LogP contribution in [0.25, 0.3) is 10.4 Å². The fraction of sp³-hybridized carbons (Fsp3) is 0.444. The molecule has 1 aliphatic heterocycles. The number of amides is 1. The molecule has 5 heteroatoms. The second-order valence-electron chi connectivity index (χ2n) is 6.65. The summed E-state index contributed by atoms with van der Waals surface area (Å²) in [5.74, 6) is 1.33. The second-order valence-corrected chi connectivity index (χ2v) is 7.85. The molecular formula is C18H21N3OS. The van der Waals surface area contributed by atoms with Gasteiger partial charge in [-0.15, -0.1) is 11.3 Å². The van der Waals surface area contributed by atoms with Gasteiger partial charge in [0.2, 0.25) is 0 Å². The van der Waals surface area contributed by atoms with Crippen molar-refractivity contribution in [2.75, 3.05) is 13.1 Å². The topological polar surface area (TPSA) is 59.2 Å². The molecule has 2 aliphatic rings. The van der Waals surface area contributed by atoms with Gasteiger partial charge >= 0.3 is 0 Å². The molecule has 120 valence electrons. The van der Waals surface area contributed by atoms with Crippen molar-refractivity contribution in [2.24, 2.45) is 17.6 Å². The van der Waals surface area contributed by atoms with E-state index < -0.39 is 0 Å². The van der Waals surface area contributed by atoms with Gasteiger partial charge in [0.05, 0.1) is 9.88 Å². The maximum Gasteiger partial charge on any atom is 0.274 e. The minimum absolute atomic E-state index is 0.0512. The molecule has 1 aromatic carbocycles. The maximum atomic E-state index is 13.1. The Labute approximate surface area is 140 Å². The second kappa shape index (κ2) is 5.42. The van der Waals surface area contributed by atoms with Gasteiger partial charge in [-0.1, -0.05) is 24.3 Å². The minimum atomic E-state index is 0.0512. The molecule has 3 atom stereocenters. The number of likely N-dealkylation sites (tertiary alicyclic amines) is 1. The van der Waals surface area contributed by atoms with Crippen LogP contribution < -0.4 is 5.73 Å². The Morgan fingerprint density at radius 2 is 2.17 bits per heavy atom. The highest BCUT2D eigenvalue weighted by Crippen LogP contribution is 2.49. The summed E-state index contributed by atoms with van der Waals surface area (Å²) in [6.07, 6.45) is 1.23. The number of carbonyl (C=O) groups is 1. The molecule has 0 unspecified atom stereocenters. The van der Waals surface area contributed by atoms with Gasteiger partial charge < -0.3 is 10.6 Å². The number of carbonyl (C=O) groups excluding carboxylic acids is 1. The number of nitrogens with zero attached hydrogens (tertiary/aromatic N) is 2. The third-order valence-corrected chi connectivity index (χ3v) is 6.14. The van der Waals surface area contributed by atoms with Crippen LogP contribution in [0, 0.1) is 25.7 Å². The standard InChI is InChI=1S/C18H21N3OS/c1-10-5-3-4-6-13(10)17-16(20-11(2)23-17)18(22)21-9-12-7-14(12)15(21)8-19/h3-6,12,14-15H,7-9,19H2,1-2H3/t12-,14-,15+/m0/s1. The molecule has 1 aromatic heterocycles. The van der Waals surface area contributed by atoms with Gasteiger partial charge in [-0.05, 0) is 43.2 Å². The molecule has 2 N–H and O–H groups in total. The number of thiazole rings is 1. The number of benzene rings is 1. The maximum absolute atomic E-state index is 13.1. The first-order valence-electron chi connectivity index (χ1n) is 8.14. The molecule has 0 radical (unpaired) electrons. The summed E-state index contributed by atoms with van der Waals surface area (Å²) in [6, 6.07) is 8.37. The number of rotatable bonds is 3. The Morgan fingerprint density at radius 1 is 1.39 bits per heavy atom. The van der Waals surface area contributed by atoms with Crippen LogP contribution >= 0.6 is 11.3 Å². The van der Waals surface area contributed by atoms with E-state index >= 15 is 0 Å². The van der Waals surface area contributed by atoms with Crippen LogP contribution in [0.15, 0.2) is 24.3 Å². The summed E-state index contributed by atoms with van der Waals surface area (Å²) in [4.78, 5) is 20.6. The summed E-state index contributed by atoms with van der Waals surface area (Å²) >= 11 is 1.60. The van der Waals surface area contributed by atoms with E-state index in [0.717, 1.165) is 22.0 Å². The summed E-state index contributed by atoms with van der Waals surface area (Å²) < 4.78 is 0. The number of fused-ring (bicyclic) bond motifs is 1. The average Bonchev–Trinajstić information content (AvgIpc) is 3.05. The number of aromatic nitrogens is 1. The van der Waals surface area contributed by atoms with Gasteiger partial charge in [-0.3, -0.25) is 4.79 Å². The Kier molecular flexibility index (Phi) is 3.50. The van der Waals surface area contributed by atoms with Crippen LogP contribution in [0.2, 0.25) is 0 Å². The quantitative estimate of drug-likeness (QED) is 0.943. The van der Waals surface area contributed by atoms with Crippen molar-refractivity contribution >= 4 is 17.2 Å². The highest BCUT2D eigenvalue weighted by molar-refractivity contribution is 7.15. The molecule has 2 heterocycles. The lowest BCUT2D eigenvalue weighted by molar-refractivity contribution is 0.0708. The van der Waals surface area contributed by atoms with Gasteiger partial charge in [0.1, 0.15) is 5.69 Å². The van der Waals surface area contributed by atoms with Crippen LogP contribution in [0.3, 0.4) is 0 Å². The van der Waals surface area contributed by atoms with Crippen molar-refractivity contribution in [3.05, 3.63) is 40.5 Å². The lowest BCUT2D eigenvalue weighted by atomic mass is 10.1. The van der Waals surface area contributed by atoms with Crippen molar-refractivity contribution in [3.63, 3.8) is 0 Å². The van der Waals surface area contributed by atoms with Gasteiger partial charge in [0, 0.05) is 19.1 Å². The zero-order valence-corrected chi connectivity index (χ0v) is 14.3.